The van der Waals surface area contributed by atoms with Crippen LogP contribution in [0.3, 0.4) is 0 Å². The van der Waals surface area contributed by atoms with Crippen LogP contribution in [0, 0.1) is 6.92 Å². The molecule has 0 aliphatic heterocycles. The molecule has 0 bridgehead atoms. The highest BCUT2D eigenvalue weighted by atomic mass is 16.5. The number of aryl methyl sites for hydroxylation is 1. The van der Waals surface area contributed by atoms with Crippen LogP contribution in [0.15, 0.2) is 42.5 Å². The van der Waals surface area contributed by atoms with Crippen LogP contribution < -0.4 is 14.8 Å². The maximum atomic E-state index is 12.0. The van der Waals surface area contributed by atoms with Gasteiger partial charge in [-0.25, -0.2) is 4.79 Å². The average Bonchev–Trinajstić information content (AvgIpc) is 2.61. The van der Waals surface area contributed by atoms with E-state index in [1.165, 1.54) is 20.3 Å². The SMILES string of the molecule is COc1ccc(C(=O)OCC(=O)Nc2ccccc2C)cc1OC. The summed E-state index contributed by atoms with van der Waals surface area (Å²) in [4.78, 5) is 23.9. The molecule has 0 fully saturated rings. The van der Waals surface area contributed by atoms with Crippen molar-refractivity contribution in [3.05, 3.63) is 53.6 Å². The predicted molar refractivity (Wildman–Crippen MR) is 89.6 cm³/mol. The van der Waals surface area contributed by atoms with Gasteiger partial charge in [0.05, 0.1) is 19.8 Å². The summed E-state index contributed by atoms with van der Waals surface area (Å²) < 4.78 is 15.3. The number of methoxy groups -OCH3 is 2. The first-order valence-electron chi connectivity index (χ1n) is 7.29. The number of hydrogen-bond acceptors (Lipinski definition) is 5. The lowest BCUT2D eigenvalue weighted by Gasteiger charge is -2.10. The Kier molecular flexibility index (Phi) is 5.78. The monoisotopic (exact) mass is 329 g/mol. The van der Waals surface area contributed by atoms with Gasteiger partial charge < -0.3 is 19.5 Å². The van der Waals surface area contributed by atoms with Crippen LogP contribution in [0.5, 0.6) is 11.5 Å². The third-order valence-corrected chi connectivity index (χ3v) is 3.37. The molecule has 0 radical (unpaired) electrons. The predicted octanol–water partition coefficient (Wildman–Crippen LogP) is 2.81. The molecule has 0 aliphatic carbocycles. The number of anilines is 1. The molecule has 6 heteroatoms. The van der Waals surface area contributed by atoms with Gasteiger partial charge in [-0.3, -0.25) is 4.79 Å². The summed E-state index contributed by atoms with van der Waals surface area (Å²) in [6.45, 7) is 1.51. The van der Waals surface area contributed by atoms with E-state index in [2.05, 4.69) is 5.32 Å². The molecule has 0 aromatic heterocycles. The van der Waals surface area contributed by atoms with Gasteiger partial charge in [0.2, 0.25) is 0 Å². The highest BCUT2D eigenvalue weighted by Crippen LogP contribution is 2.27. The van der Waals surface area contributed by atoms with E-state index in [9.17, 15) is 9.59 Å². The molecule has 1 amide bonds. The zero-order valence-corrected chi connectivity index (χ0v) is 13.8. The Morgan fingerprint density at radius 3 is 2.38 bits per heavy atom. The van der Waals surface area contributed by atoms with Gasteiger partial charge in [0.25, 0.3) is 5.91 Å². The summed E-state index contributed by atoms with van der Waals surface area (Å²) in [5.41, 5.74) is 1.89. The smallest absolute Gasteiger partial charge is 0.338 e. The van der Waals surface area contributed by atoms with Gasteiger partial charge in [-0.05, 0) is 36.8 Å². The largest absolute Gasteiger partial charge is 0.493 e. The van der Waals surface area contributed by atoms with Crippen molar-refractivity contribution in [2.24, 2.45) is 0 Å². The maximum Gasteiger partial charge on any atom is 0.338 e. The third kappa shape index (κ3) is 4.25. The standard InChI is InChI=1S/C18H19NO5/c1-12-6-4-5-7-14(12)19-17(20)11-24-18(21)13-8-9-15(22-2)16(10-13)23-3/h4-10H,11H2,1-3H3,(H,19,20). The van der Waals surface area contributed by atoms with Gasteiger partial charge >= 0.3 is 5.97 Å². The first kappa shape index (κ1) is 17.3. The highest BCUT2D eigenvalue weighted by Gasteiger charge is 2.14. The summed E-state index contributed by atoms with van der Waals surface area (Å²) >= 11 is 0. The van der Waals surface area contributed by atoms with Crippen LogP contribution in [0.1, 0.15) is 15.9 Å². The number of amides is 1. The Bertz CT molecular complexity index is 742. The zero-order chi connectivity index (χ0) is 17.5. The Hall–Kier alpha value is -3.02. The molecule has 2 aromatic rings. The van der Waals surface area contributed by atoms with Crippen molar-refractivity contribution < 1.29 is 23.8 Å². The van der Waals surface area contributed by atoms with Gasteiger partial charge in [0, 0.05) is 5.69 Å². The lowest BCUT2D eigenvalue weighted by atomic mass is 10.2. The Labute approximate surface area is 140 Å². The zero-order valence-electron chi connectivity index (χ0n) is 13.8. The Morgan fingerprint density at radius 1 is 1.00 bits per heavy atom. The molecule has 1 N–H and O–H groups in total. The second-order valence-electron chi connectivity index (χ2n) is 5.01. The first-order chi connectivity index (χ1) is 11.5. The van der Waals surface area contributed by atoms with Crippen LogP contribution >= 0.6 is 0 Å². The average molecular weight is 329 g/mol. The summed E-state index contributed by atoms with van der Waals surface area (Å²) in [5, 5.41) is 2.70. The van der Waals surface area contributed by atoms with Crippen molar-refractivity contribution in [2.45, 2.75) is 6.92 Å². The topological polar surface area (TPSA) is 73.9 Å². The first-order valence-corrected chi connectivity index (χ1v) is 7.29. The summed E-state index contributed by atoms with van der Waals surface area (Å²) in [7, 11) is 2.98. The summed E-state index contributed by atoms with van der Waals surface area (Å²) in [6, 6.07) is 12.0. The lowest BCUT2D eigenvalue weighted by Crippen LogP contribution is -2.21. The fourth-order valence-corrected chi connectivity index (χ4v) is 2.08. The molecule has 0 spiro atoms. The number of esters is 1. The third-order valence-electron chi connectivity index (χ3n) is 3.37. The minimum Gasteiger partial charge on any atom is -0.493 e. The molecule has 6 nitrogen and oxygen atoms in total. The fraction of sp³-hybridized carbons (Fsp3) is 0.222. The normalized spacial score (nSPS) is 9.96. The van der Waals surface area contributed by atoms with Crippen molar-refractivity contribution in [3.63, 3.8) is 0 Å². The van der Waals surface area contributed by atoms with Crippen LogP contribution in [-0.4, -0.2) is 32.7 Å². The summed E-state index contributed by atoms with van der Waals surface area (Å²) in [5.74, 6) is -0.100. The molecule has 0 atom stereocenters. The van der Waals surface area contributed by atoms with E-state index in [0.29, 0.717) is 17.2 Å². The maximum absolute atomic E-state index is 12.0. The van der Waals surface area contributed by atoms with Crippen LogP contribution in [0.25, 0.3) is 0 Å². The van der Waals surface area contributed by atoms with Crippen molar-refractivity contribution >= 4 is 17.6 Å². The second kappa shape index (κ2) is 8.01. The minimum atomic E-state index is -0.615. The minimum absolute atomic E-state index is 0.274. The Morgan fingerprint density at radius 2 is 1.71 bits per heavy atom. The van der Waals surface area contributed by atoms with E-state index < -0.39 is 11.9 Å². The quantitative estimate of drug-likeness (QED) is 0.825. The molecule has 0 heterocycles. The fourth-order valence-electron chi connectivity index (χ4n) is 2.08. The number of hydrogen-bond donors (Lipinski definition) is 1. The molecular formula is C18H19NO5. The molecule has 0 saturated carbocycles. The van der Waals surface area contributed by atoms with E-state index in [-0.39, 0.29) is 12.2 Å². The van der Waals surface area contributed by atoms with E-state index in [1.807, 2.05) is 25.1 Å². The van der Waals surface area contributed by atoms with E-state index in [4.69, 9.17) is 14.2 Å². The molecule has 0 aliphatic rings. The van der Waals surface area contributed by atoms with Gasteiger partial charge in [-0.2, -0.15) is 0 Å². The molecule has 0 unspecified atom stereocenters. The summed E-state index contributed by atoms with van der Waals surface area (Å²) in [6.07, 6.45) is 0. The van der Waals surface area contributed by atoms with Gasteiger partial charge in [-0.1, -0.05) is 18.2 Å². The Balaban J connectivity index is 1.95. The van der Waals surface area contributed by atoms with Crippen LogP contribution in [0.4, 0.5) is 5.69 Å². The number of ether oxygens (including phenoxy) is 3. The molecular weight excluding hydrogens is 310 g/mol. The van der Waals surface area contributed by atoms with E-state index in [1.54, 1.807) is 18.2 Å². The number of para-hydroxylation sites is 1. The van der Waals surface area contributed by atoms with Gasteiger partial charge in [0.15, 0.2) is 18.1 Å². The molecule has 2 rings (SSSR count). The van der Waals surface area contributed by atoms with Gasteiger partial charge in [-0.15, -0.1) is 0 Å². The van der Waals surface area contributed by atoms with E-state index >= 15 is 0 Å². The number of rotatable bonds is 6. The number of benzene rings is 2. The van der Waals surface area contributed by atoms with Crippen molar-refractivity contribution in [2.75, 3.05) is 26.1 Å². The van der Waals surface area contributed by atoms with Crippen LogP contribution in [-0.2, 0) is 9.53 Å². The number of carbonyl (C=O) groups excluding carboxylic acids is 2. The lowest BCUT2D eigenvalue weighted by molar-refractivity contribution is -0.119. The van der Waals surface area contributed by atoms with Crippen molar-refractivity contribution in [1.29, 1.82) is 0 Å². The number of carbonyl (C=O) groups is 2. The second-order valence-corrected chi connectivity index (χ2v) is 5.01. The molecule has 0 saturated heterocycles. The van der Waals surface area contributed by atoms with Gasteiger partial charge in [0.1, 0.15) is 0 Å². The molecule has 24 heavy (non-hydrogen) atoms. The van der Waals surface area contributed by atoms with Crippen molar-refractivity contribution in [3.8, 4) is 11.5 Å². The molecule has 2 aromatic carbocycles. The van der Waals surface area contributed by atoms with Crippen molar-refractivity contribution in [1.82, 2.24) is 0 Å². The van der Waals surface area contributed by atoms with Crippen LogP contribution in [0.2, 0.25) is 0 Å². The highest BCUT2D eigenvalue weighted by molar-refractivity contribution is 5.96. The molecule has 126 valence electrons. The number of nitrogens with one attached hydrogen (secondary N) is 1. The van der Waals surface area contributed by atoms with E-state index in [0.717, 1.165) is 5.56 Å².